The molecule has 1 aliphatic rings. The van der Waals surface area contributed by atoms with Gasteiger partial charge in [0.25, 0.3) is 0 Å². The highest BCUT2D eigenvalue weighted by Crippen LogP contribution is 2.34. The molecule has 1 aromatic heterocycles. The molecule has 0 saturated heterocycles. The molecule has 0 fully saturated rings. The summed E-state index contributed by atoms with van der Waals surface area (Å²) >= 11 is 0. The van der Waals surface area contributed by atoms with Gasteiger partial charge in [0.15, 0.2) is 11.5 Å². The molecule has 0 radical (unpaired) electrons. The van der Waals surface area contributed by atoms with E-state index in [9.17, 15) is 14.7 Å². The number of carbonyl (C=O) groups is 2. The summed E-state index contributed by atoms with van der Waals surface area (Å²) in [5, 5.41) is 12.3. The molecule has 0 spiro atoms. The number of oxazole rings is 1. The van der Waals surface area contributed by atoms with Crippen molar-refractivity contribution in [3.8, 4) is 0 Å². The Hall–Kier alpha value is -3.15. The standard InChI is InChI=1S/C23H24N2O4/c26-21(12-13-22-25-18-10-3-4-11-20(18)29-22)24-19(23(27)28)14-16-8-5-7-15-6-1-2-9-17(15)16/h1-4,6,9-11,16,19H,5,7-8,12-14H2,(H,24,26)(H,27,28). The molecule has 29 heavy (non-hydrogen) atoms. The van der Waals surface area contributed by atoms with Crippen molar-refractivity contribution in [1.82, 2.24) is 10.3 Å². The van der Waals surface area contributed by atoms with Crippen LogP contribution >= 0.6 is 0 Å². The van der Waals surface area contributed by atoms with Crippen LogP contribution in [0.4, 0.5) is 0 Å². The number of carboxylic acids is 1. The van der Waals surface area contributed by atoms with Gasteiger partial charge in [-0.25, -0.2) is 9.78 Å². The molecule has 1 heterocycles. The minimum absolute atomic E-state index is 0.137. The van der Waals surface area contributed by atoms with E-state index in [0.29, 0.717) is 24.3 Å². The molecule has 1 aliphatic carbocycles. The number of amides is 1. The zero-order chi connectivity index (χ0) is 20.2. The summed E-state index contributed by atoms with van der Waals surface area (Å²) in [4.78, 5) is 28.5. The van der Waals surface area contributed by atoms with Crippen LogP contribution < -0.4 is 5.32 Å². The number of nitrogens with one attached hydrogen (secondary N) is 1. The molecular weight excluding hydrogens is 368 g/mol. The number of hydrogen-bond donors (Lipinski definition) is 2. The highest BCUT2D eigenvalue weighted by atomic mass is 16.4. The van der Waals surface area contributed by atoms with Gasteiger partial charge in [0.2, 0.25) is 5.91 Å². The van der Waals surface area contributed by atoms with Crippen LogP contribution in [0.25, 0.3) is 11.1 Å². The normalized spacial score (nSPS) is 16.9. The number of aliphatic carboxylic acids is 1. The number of carbonyl (C=O) groups excluding carboxylic acids is 1. The van der Waals surface area contributed by atoms with Gasteiger partial charge in [0.05, 0.1) is 0 Å². The van der Waals surface area contributed by atoms with Gasteiger partial charge in [-0.2, -0.15) is 0 Å². The second kappa shape index (κ2) is 8.47. The van der Waals surface area contributed by atoms with E-state index in [0.717, 1.165) is 24.8 Å². The molecule has 3 aromatic rings. The van der Waals surface area contributed by atoms with Crippen molar-refractivity contribution in [1.29, 1.82) is 0 Å². The summed E-state index contributed by atoms with van der Waals surface area (Å²) < 4.78 is 5.62. The Morgan fingerprint density at radius 1 is 1.17 bits per heavy atom. The van der Waals surface area contributed by atoms with Gasteiger partial charge >= 0.3 is 5.97 Å². The average Bonchev–Trinajstić information content (AvgIpc) is 3.15. The number of nitrogens with zero attached hydrogens (tertiary/aromatic N) is 1. The molecule has 4 rings (SSSR count). The Balaban J connectivity index is 1.37. The SMILES string of the molecule is O=C(CCc1nc2ccccc2o1)NC(CC1CCCc2ccccc21)C(=O)O. The monoisotopic (exact) mass is 392 g/mol. The summed E-state index contributed by atoms with van der Waals surface area (Å²) in [6.07, 6.45) is 3.89. The third-order valence-electron chi connectivity index (χ3n) is 5.55. The number of fused-ring (bicyclic) bond motifs is 2. The summed E-state index contributed by atoms with van der Waals surface area (Å²) in [5.41, 5.74) is 3.94. The maximum absolute atomic E-state index is 12.4. The van der Waals surface area contributed by atoms with E-state index in [2.05, 4.69) is 22.4 Å². The molecule has 2 unspecified atom stereocenters. The van der Waals surface area contributed by atoms with Crippen LogP contribution in [0, 0.1) is 0 Å². The predicted molar refractivity (Wildman–Crippen MR) is 109 cm³/mol. The van der Waals surface area contributed by atoms with Gasteiger partial charge in [-0.05, 0) is 54.9 Å². The zero-order valence-corrected chi connectivity index (χ0v) is 16.1. The third kappa shape index (κ3) is 4.47. The van der Waals surface area contributed by atoms with E-state index in [-0.39, 0.29) is 18.2 Å². The lowest BCUT2D eigenvalue weighted by Crippen LogP contribution is -2.42. The minimum atomic E-state index is -0.997. The fraction of sp³-hybridized carbons (Fsp3) is 0.348. The number of carboxylic acid groups (broad SMARTS) is 1. The smallest absolute Gasteiger partial charge is 0.326 e. The fourth-order valence-corrected chi connectivity index (χ4v) is 4.12. The van der Waals surface area contributed by atoms with Gasteiger partial charge in [0, 0.05) is 12.8 Å². The highest BCUT2D eigenvalue weighted by Gasteiger charge is 2.28. The van der Waals surface area contributed by atoms with Crippen molar-refractivity contribution in [3.05, 3.63) is 65.5 Å². The number of hydrogen-bond acceptors (Lipinski definition) is 4. The first-order valence-electron chi connectivity index (χ1n) is 10.0. The lowest BCUT2D eigenvalue weighted by molar-refractivity contribution is -0.142. The Morgan fingerprint density at radius 2 is 1.97 bits per heavy atom. The summed E-state index contributed by atoms with van der Waals surface area (Å²) in [5.74, 6) is -0.667. The van der Waals surface area contributed by atoms with Crippen LogP contribution in [0.2, 0.25) is 0 Å². The van der Waals surface area contributed by atoms with Crippen molar-refractivity contribution in [2.45, 2.75) is 50.5 Å². The number of rotatable bonds is 7. The van der Waals surface area contributed by atoms with Crippen LogP contribution in [0.5, 0.6) is 0 Å². The quantitative estimate of drug-likeness (QED) is 0.637. The van der Waals surface area contributed by atoms with Crippen molar-refractivity contribution in [2.24, 2.45) is 0 Å². The maximum atomic E-state index is 12.4. The van der Waals surface area contributed by atoms with Crippen LogP contribution in [-0.4, -0.2) is 28.0 Å². The molecule has 6 heteroatoms. The van der Waals surface area contributed by atoms with Crippen LogP contribution in [0.1, 0.15) is 48.6 Å². The Labute approximate surface area is 168 Å². The Kier molecular flexibility index (Phi) is 5.60. The molecule has 2 N–H and O–H groups in total. The topological polar surface area (TPSA) is 92.4 Å². The van der Waals surface area contributed by atoms with E-state index < -0.39 is 12.0 Å². The summed E-state index contributed by atoms with van der Waals surface area (Å²) in [6.45, 7) is 0. The van der Waals surface area contributed by atoms with Crippen molar-refractivity contribution >= 4 is 23.0 Å². The van der Waals surface area contributed by atoms with E-state index in [1.54, 1.807) is 0 Å². The molecule has 6 nitrogen and oxygen atoms in total. The molecular formula is C23H24N2O4. The molecule has 0 bridgehead atoms. The molecule has 0 saturated carbocycles. The first-order chi connectivity index (χ1) is 14.1. The second-order valence-corrected chi connectivity index (χ2v) is 7.56. The van der Waals surface area contributed by atoms with Gasteiger partial charge in [0.1, 0.15) is 11.6 Å². The Morgan fingerprint density at radius 3 is 2.79 bits per heavy atom. The predicted octanol–water partition coefficient (Wildman–Crippen LogP) is 3.84. The van der Waals surface area contributed by atoms with Gasteiger partial charge < -0.3 is 14.8 Å². The van der Waals surface area contributed by atoms with Crippen molar-refractivity contribution in [3.63, 3.8) is 0 Å². The molecule has 2 atom stereocenters. The van der Waals surface area contributed by atoms with E-state index in [1.807, 2.05) is 36.4 Å². The lowest BCUT2D eigenvalue weighted by atomic mass is 9.79. The largest absolute Gasteiger partial charge is 0.480 e. The number of aromatic nitrogens is 1. The van der Waals surface area contributed by atoms with E-state index in [4.69, 9.17) is 4.42 Å². The Bertz CT molecular complexity index is 993. The highest BCUT2D eigenvalue weighted by molar-refractivity contribution is 5.83. The number of para-hydroxylation sites is 2. The first kappa shape index (κ1) is 19.2. The summed E-state index contributed by atoms with van der Waals surface area (Å²) in [7, 11) is 0. The van der Waals surface area contributed by atoms with Gasteiger partial charge in [-0.3, -0.25) is 4.79 Å². The van der Waals surface area contributed by atoms with Crippen molar-refractivity contribution < 1.29 is 19.1 Å². The number of aryl methyl sites for hydroxylation is 2. The molecule has 1 amide bonds. The second-order valence-electron chi connectivity index (χ2n) is 7.56. The average molecular weight is 392 g/mol. The van der Waals surface area contributed by atoms with Crippen molar-refractivity contribution in [2.75, 3.05) is 0 Å². The van der Waals surface area contributed by atoms with Crippen LogP contribution in [-0.2, 0) is 22.4 Å². The summed E-state index contributed by atoms with van der Waals surface area (Å²) in [6, 6.07) is 14.7. The van der Waals surface area contributed by atoms with E-state index >= 15 is 0 Å². The number of benzene rings is 2. The molecule has 2 aromatic carbocycles. The van der Waals surface area contributed by atoms with Crippen LogP contribution in [0.15, 0.2) is 52.9 Å². The van der Waals surface area contributed by atoms with Crippen LogP contribution in [0.3, 0.4) is 0 Å². The third-order valence-corrected chi connectivity index (χ3v) is 5.55. The first-order valence-corrected chi connectivity index (χ1v) is 10.0. The zero-order valence-electron chi connectivity index (χ0n) is 16.1. The molecule has 150 valence electrons. The maximum Gasteiger partial charge on any atom is 0.326 e. The fourth-order valence-electron chi connectivity index (χ4n) is 4.12. The van der Waals surface area contributed by atoms with E-state index in [1.165, 1.54) is 11.1 Å². The van der Waals surface area contributed by atoms with Gasteiger partial charge in [-0.1, -0.05) is 36.4 Å². The van der Waals surface area contributed by atoms with Gasteiger partial charge in [-0.15, -0.1) is 0 Å². The molecule has 0 aliphatic heterocycles. The lowest BCUT2D eigenvalue weighted by Gasteiger charge is -2.28. The minimum Gasteiger partial charge on any atom is -0.480 e.